The van der Waals surface area contributed by atoms with E-state index in [0.29, 0.717) is 34.3 Å². The number of hydrogen-bond acceptors (Lipinski definition) is 5. The molecule has 1 amide bonds. The molecule has 1 aromatic heterocycles. The Kier molecular flexibility index (Phi) is 4.84. The normalized spacial score (nSPS) is 10.5. The Hall–Kier alpha value is -3.93. The van der Waals surface area contributed by atoms with Gasteiger partial charge in [0, 0.05) is 5.56 Å². The molecule has 0 bridgehead atoms. The van der Waals surface area contributed by atoms with E-state index in [4.69, 9.17) is 9.26 Å². The highest BCUT2D eigenvalue weighted by atomic mass is 16.5. The average Bonchev–Trinajstić information content (AvgIpc) is 3.25. The van der Waals surface area contributed by atoms with E-state index in [0.717, 1.165) is 5.56 Å². The van der Waals surface area contributed by atoms with Crippen LogP contribution in [-0.4, -0.2) is 23.2 Å². The van der Waals surface area contributed by atoms with Crippen molar-refractivity contribution in [1.29, 1.82) is 0 Å². The first kappa shape index (κ1) is 17.5. The van der Waals surface area contributed by atoms with Crippen molar-refractivity contribution < 1.29 is 14.1 Å². The minimum absolute atomic E-state index is 0.285. The van der Waals surface area contributed by atoms with Gasteiger partial charge in [0.15, 0.2) is 0 Å². The van der Waals surface area contributed by atoms with Crippen LogP contribution in [0.4, 0.5) is 5.69 Å². The summed E-state index contributed by atoms with van der Waals surface area (Å²) in [6.45, 7) is 0. The highest BCUT2D eigenvalue weighted by Crippen LogP contribution is 2.29. The second-order valence-electron chi connectivity index (χ2n) is 5.99. The monoisotopic (exact) mass is 371 g/mol. The van der Waals surface area contributed by atoms with Gasteiger partial charge >= 0.3 is 0 Å². The van der Waals surface area contributed by atoms with Crippen LogP contribution in [0.2, 0.25) is 0 Å². The summed E-state index contributed by atoms with van der Waals surface area (Å²) in [5.41, 5.74) is 2.51. The van der Waals surface area contributed by atoms with E-state index in [2.05, 4.69) is 15.5 Å². The summed E-state index contributed by atoms with van der Waals surface area (Å²) >= 11 is 0. The molecule has 0 unspecified atom stereocenters. The van der Waals surface area contributed by atoms with E-state index in [-0.39, 0.29) is 5.91 Å². The standard InChI is InChI=1S/C22H17N3O3/c1-27-19-14-8-6-12-17(19)21(26)23-18-13-7-5-11-16(18)22-24-20(25-28-22)15-9-3-2-4-10-15/h2-14H,1H3,(H,23,26). The minimum Gasteiger partial charge on any atom is -0.496 e. The Morgan fingerprint density at radius 3 is 2.46 bits per heavy atom. The van der Waals surface area contributed by atoms with Crippen molar-refractivity contribution in [3.63, 3.8) is 0 Å². The van der Waals surface area contributed by atoms with Gasteiger partial charge in [-0.3, -0.25) is 4.79 Å². The zero-order chi connectivity index (χ0) is 19.3. The van der Waals surface area contributed by atoms with Crippen molar-refractivity contribution in [3.8, 4) is 28.6 Å². The Balaban J connectivity index is 1.65. The molecule has 0 aliphatic carbocycles. The van der Waals surface area contributed by atoms with E-state index in [1.165, 1.54) is 7.11 Å². The molecule has 0 saturated carbocycles. The molecule has 6 nitrogen and oxygen atoms in total. The second-order valence-corrected chi connectivity index (χ2v) is 5.99. The maximum absolute atomic E-state index is 12.7. The molecule has 1 N–H and O–H groups in total. The Morgan fingerprint density at radius 2 is 1.64 bits per heavy atom. The zero-order valence-corrected chi connectivity index (χ0v) is 15.1. The predicted molar refractivity (Wildman–Crippen MR) is 106 cm³/mol. The number of benzene rings is 3. The van der Waals surface area contributed by atoms with Crippen LogP contribution < -0.4 is 10.1 Å². The number of para-hydroxylation sites is 2. The molecule has 0 atom stereocenters. The lowest BCUT2D eigenvalue weighted by atomic mass is 10.1. The lowest BCUT2D eigenvalue weighted by molar-refractivity contribution is 0.102. The molecule has 0 spiro atoms. The number of ether oxygens (including phenoxy) is 1. The van der Waals surface area contributed by atoms with Gasteiger partial charge in [-0.05, 0) is 24.3 Å². The number of hydrogen-bond donors (Lipinski definition) is 1. The molecule has 0 aliphatic heterocycles. The van der Waals surface area contributed by atoms with E-state index in [1.54, 1.807) is 24.3 Å². The van der Waals surface area contributed by atoms with Gasteiger partial charge in [0.2, 0.25) is 5.82 Å². The van der Waals surface area contributed by atoms with Gasteiger partial charge in [-0.25, -0.2) is 0 Å². The molecule has 28 heavy (non-hydrogen) atoms. The van der Waals surface area contributed by atoms with Crippen molar-refractivity contribution in [2.45, 2.75) is 0 Å². The maximum Gasteiger partial charge on any atom is 0.260 e. The van der Waals surface area contributed by atoms with Gasteiger partial charge in [-0.15, -0.1) is 0 Å². The predicted octanol–water partition coefficient (Wildman–Crippen LogP) is 4.66. The molecule has 3 aromatic carbocycles. The van der Waals surface area contributed by atoms with E-state index < -0.39 is 0 Å². The summed E-state index contributed by atoms with van der Waals surface area (Å²) in [7, 11) is 1.53. The molecule has 4 aromatic rings. The Labute approximate surface area is 161 Å². The summed E-state index contributed by atoms with van der Waals surface area (Å²) in [6, 6.07) is 23.9. The molecule has 0 aliphatic rings. The van der Waals surface area contributed by atoms with Gasteiger partial charge in [0.25, 0.3) is 11.8 Å². The summed E-state index contributed by atoms with van der Waals surface area (Å²) in [6.07, 6.45) is 0. The zero-order valence-electron chi connectivity index (χ0n) is 15.1. The summed E-state index contributed by atoms with van der Waals surface area (Å²) in [5, 5.41) is 6.95. The summed E-state index contributed by atoms with van der Waals surface area (Å²) < 4.78 is 10.7. The van der Waals surface area contributed by atoms with Gasteiger partial charge < -0.3 is 14.6 Å². The van der Waals surface area contributed by atoms with Crippen LogP contribution in [-0.2, 0) is 0 Å². The number of anilines is 1. The van der Waals surface area contributed by atoms with Crippen LogP contribution in [0.15, 0.2) is 83.4 Å². The van der Waals surface area contributed by atoms with Crippen LogP contribution in [0.25, 0.3) is 22.8 Å². The first-order chi connectivity index (χ1) is 13.8. The number of rotatable bonds is 5. The number of methoxy groups -OCH3 is 1. The number of carbonyl (C=O) groups excluding carboxylic acids is 1. The molecular weight excluding hydrogens is 354 g/mol. The van der Waals surface area contributed by atoms with Gasteiger partial charge in [-0.2, -0.15) is 4.98 Å². The van der Waals surface area contributed by atoms with Gasteiger partial charge in [-0.1, -0.05) is 59.8 Å². The SMILES string of the molecule is COc1ccccc1C(=O)Nc1ccccc1-c1nc(-c2ccccc2)no1. The van der Waals surface area contributed by atoms with Crippen molar-refractivity contribution >= 4 is 11.6 Å². The van der Waals surface area contributed by atoms with Crippen molar-refractivity contribution in [3.05, 3.63) is 84.4 Å². The minimum atomic E-state index is -0.285. The number of aromatic nitrogens is 2. The fourth-order valence-corrected chi connectivity index (χ4v) is 2.84. The molecule has 6 heteroatoms. The lowest BCUT2D eigenvalue weighted by Crippen LogP contribution is -2.13. The van der Waals surface area contributed by atoms with Crippen LogP contribution in [0.1, 0.15) is 10.4 Å². The van der Waals surface area contributed by atoms with Crippen molar-refractivity contribution in [2.24, 2.45) is 0 Å². The number of nitrogens with one attached hydrogen (secondary N) is 1. The van der Waals surface area contributed by atoms with E-state index in [9.17, 15) is 4.79 Å². The average molecular weight is 371 g/mol. The highest BCUT2D eigenvalue weighted by molar-refractivity contribution is 6.07. The molecule has 0 saturated heterocycles. The largest absolute Gasteiger partial charge is 0.496 e. The fraction of sp³-hybridized carbons (Fsp3) is 0.0455. The summed E-state index contributed by atoms with van der Waals surface area (Å²) in [5.74, 6) is 1.03. The van der Waals surface area contributed by atoms with Crippen LogP contribution in [0, 0.1) is 0 Å². The molecule has 1 heterocycles. The van der Waals surface area contributed by atoms with E-state index in [1.807, 2.05) is 54.6 Å². The number of amides is 1. The first-order valence-corrected chi connectivity index (χ1v) is 8.69. The summed E-state index contributed by atoms with van der Waals surface area (Å²) in [4.78, 5) is 17.2. The van der Waals surface area contributed by atoms with Gasteiger partial charge in [0.1, 0.15) is 5.75 Å². The topological polar surface area (TPSA) is 77.2 Å². The fourth-order valence-electron chi connectivity index (χ4n) is 2.84. The molecule has 0 radical (unpaired) electrons. The van der Waals surface area contributed by atoms with Crippen LogP contribution in [0.3, 0.4) is 0 Å². The quantitative estimate of drug-likeness (QED) is 0.552. The third-order valence-corrected chi connectivity index (χ3v) is 4.22. The maximum atomic E-state index is 12.7. The smallest absolute Gasteiger partial charge is 0.260 e. The van der Waals surface area contributed by atoms with Gasteiger partial charge in [0.05, 0.1) is 23.9 Å². The third-order valence-electron chi connectivity index (χ3n) is 4.22. The first-order valence-electron chi connectivity index (χ1n) is 8.69. The Bertz CT molecular complexity index is 1110. The van der Waals surface area contributed by atoms with Crippen LogP contribution in [0.5, 0.6) is 5.75 Å². The van der Waals surface area contributed by atoms with Crippen LogP contribution >= 0.6 is 0 Å². The molecule has 138 valence electrons. The second kappa shape index (κ2) is 7.75. The van der Waals surface area contributed by atoms with Crippen molar-refractivity contribution in [1.82, 2.24) is 10.1 Å². The lowest BCUT2D eigenvalue weighted by Gasteiger charge is -2.11. The van der Waals surface area contributed by atoms with Crippen molar-refractivity contribution in [2.75, 3.05) is 12.4 Å². The molecule has 0 fully saturated rings. The molecular formula is C22H17N3O3. The number of carbonyl (C=O) groups is 1. The van der Waals surface area contributed by atoms with E-state index >= 15 is 0 Å². The third kappa shape index (κ3) is 3.48. The number of nitrogens with zero attached hydrogens (tertiary/aromatic N) is 2. The molecule has 4 rings (SSSR count). The highest BCUT2D eigenvalue weighted by Gasteiger charge is 2.17. The Morgan fingerprint density at radius 1 is 0.929 bits per heavy atom.